The van der Waals surface area contributed by atoms with E-state index in [4.69, 9.17) is 9.84 Å². The lowest BCUT2D eigenvalue weighted by Gasteiger charge is -2.27. The summed E-state index contributed by atoms with van der Waals surface area (Å²) in [5.74, 6) is -2.45. The Bertz CT molecular complexity index is 1480. The van der Waals surface area contributed by atoms with Gasteiger partial charge >= 0.3 is 5.97 Å². The molecule has 0 bridgehead atoms. The van der Waals surface area contributed by atoms with Crippen molar-refractivity contribution in [2.45, 2.75) is 52.5 Å². The molecule has 0 spiro atoms. The summed E-state index contributed by atoms with van der Waals surface area (Å²) in [6.45, 7) is 10.0. The van der Waals surface area contributed by atoms with Crippen LogP contribution in [0.15, 0.2) is 66.2 Å². The van der Waals surface area contributed by atoms with Crippen molar-refractivity contribution in [2.75, 3.05) is 12.0 Å². The second-order valence-corrected chi connectivity index (χ2v) is 10.9. The van der Waals surface area contributed by atoms with Crippen molar-refractivity contribution in [3.05, 3.63) is 99.6 Å². The lowest BCUT2D eigenvalue weighted by Crippen LogP contribution is -2.29. The highest BCUT2D eigenvalue weighted by Crippen LogP contribution is 2.44. The van der Waals surface area contributed by atoms with Gasteiger partial charge in [0.2, 0.25) is 0 Å². The number of hydrogen-bond acceptors (Lipinski definition) is 5. The van der Waals surface area contributed by atoms with Gasteiger partial charge in [-0.1, -0.05) is 63.2 Å². The van der Waals surface area contributed by atoms with E-state index in [9.17, 15) is 19.5 Å². The third-order valence-electron chi connectivity index (χ3n) is 6.98. The summed E-state index contributed by atoms with van der Waals surface area (Å²) < 4.78 is 5.57. The van der Waals surface area contributed by atoms with Gasteiger partial charge in [-0.15, -0.1) is 0 Å². The first-order valence-electron chi connectivity index (χ1n) is 12.7. The molecule has 1 aliphatic heterocycles. The van der Waals surface area contributed by atoms with Gasteiger partial charge in [-0.25, -0.2) is 0 Å². The molecule has 0 radical (unpaired) electrons. The van der Waals surface area contributed by atoms with E-state index in [1.165, 1.54) is 12.0 Å². The topological polar surface area (TPSA) is 104 Å². The number of hydrogen-bond donors (Lipinski definition) is 2. The molecular weight excluding hydrogens is 494 g/mol. The first kappa shape index (κ1) is 27.6. The van der Waals surface area contributed by atoms with Crippen LogP contribution in [-0.2, 0) is 26.2 Å². The number of ketones is 1. The Morgan fingerprint density at radius 2 is 1.56 bits per heavy atom. The van der Waals surface area contributed by atoms with Crippen molar-refractivity contribution in [3.8, 4) is 5.75 Å². The molecule has 1 fully saturated rings. The number of rotatable bonds is 6. The van der Waals surface area contributed by atoms with Crippen LogP contribution in [0, 0.1) is 13.8 Å². The van der Waals surface area contributed by atoms with Crippen molar-refractivity contribution in [1.29, 1.82) is 0 Å². The normalized spacial score (nSPS) is 17.0. The van der Waals surface area contributed by atoms with Crippen LogP contribution in [0.5, 0.6) is 5.75 Å². The van der Waals surface area contributed by atoms with Gasteiger partial charge in [0, 0.05) is 5.69 Å². The van der Waals surface area contributed by atoms with E-state index >= 15 is 0 Å². The van der Waals surface area contributed by atoms with Crippen LogP contribution in [0.25, 0.3) is 5.76 Å². The number of ether oxygens (including phenoxy) is 1. The maximum absolute atomic E-state index is 13.6. The summed E-state index contributed by atoms with van der Waals surface area (Å²) >= 11 is 0. The molecule has 1 saturated heterocycles. The van der Waals surface area contributed by atoms with Crippen LogP contribution < -0.4 is 9.64 Å². The third kappa shape index (κ3) is 5.30. The van der Waals surface area contributed by atoms with Crippen LogP contribution in [0.1, 0.15) is 60.2 Å². The number of carbonyl (C=O) groups excluding carboxylic acids is 2. The Morgan fingerprint density at radius 3 is 2.10 bits per heavy atom. The van der Waals surface area contributed by atoms with E-state index in [0.29, 0.717) is 28.1 Å². The molecule has 1 amide bonds. The van der Waals surface area contributed by atoms with Crippen LogP contribution in [-0.4, -0.2) is 35.0 Å². The molecule has 2 N–H and O–H groups in total. The fourth-order valence-electron chi connectivity index (χ4n) is 5.07. The SMILES string of the molecule is COc1c(C)cc(C)cc1/C(O)=C1\C(=O)C(=O)N(c2ccc(CC(=O)O)cc2)C1c1ccc(C(C)(C)C)cc1. The molecule has 0 saturated carbocycles. The van der Waals surface area contributed by atoms with Crippen LogP contribution in [0.2, 0.25) is 0 Å². The fourth-order valence-corrected chi connectivity index (χ4v) is 5.07. The Kier molecular flexibility index (Phi) is 7.37. The first-order valence-corrected chi connectivity index (χ1v) is 12.7. The average Bonchev–Trinajstić information content (AvgIpc) is 3.13. The third-order valence-corrected chi connectivity index (χ3v) is 6.98. The van der Waals surface area contributed by atoms with Crippen molar-refractivity contribution in [2.24, 2.45) is 0 Å². The largest absolute Gasteiger partial charge is 0.507 e. The van der Waals surface area contributed by atoms with E-state index in [0.717, 1.165) is 16.7 Å². The van der Waals surface area contributed by atoms with E-state index < -0.39 is 23.7 Å². The molecule has 0 aliphatic carbocycles. The van der Waals surface area contributed by atoms with Crippen molar-refractivity contribution in [3.63, 3.8) is 0 Å². The Balaban J connectivity index is 1.95. The summed E-state index contributed by atoms with van der Waals surface area (Å²) in [4.78, 5) is 39.6. The predicted octanol–water partition coefficient (Wildman–Crippen LogP) is 5.86. The minimum Gasteiger partial charge on any atom is -0.507 e. The number of methoxy groups -OCH3 is 1. The number of carboxylic acids is 1. The maximum Gasteiger partial charge on any atom is 0.307 e. The fraction of sp³-hybridized carbons (Fsp3) is 0.281. The molecule has 7 heteroatoms. The van der Waals surface area contributed by atoms with Gasteiger partial charge in [0.15, 0.2) is 0 Å². The van der Waals surface area contributed by atoms with Gasteiger partial charge in [0.1, 0.15) is 11.5 Å². The smallest absolute Gasteiger partial charge is 0.307 e. The molecule has 0 aromatic heterocycles. The standard InChI is InChI=1S/C32H33NO6/c1-18-15-19(2)30(39-6)24(16-18)28(36)26-27(21-9-11-22(12-10-21)32(3,4)5)33(31(38)29(26)37)23-13-7-20(8-14-23)17-25(34)35/h7-16,27,36H,17H2,1-6H3,(H,34,35)/b28-26+. The summed E-state index contributed by atoms with van der Waals surface area (Å²) in [6, 6.07) is 16.9. The van der Waals surface area contributed by atoms with Crippen LogP contribution >= 0.6 is 0 Å². The van der Waals surface area contributed by atoms with Gasteiger partial charge in [-0.2, -0.15) is 0 Å². The minimum atomic E-state index is -0.968. The van der Waals surface area contributed by atoms with Crippen molar-refractivity contribution < 1.29 is 29.3 Å². The number of aliphatic hydroxyl groups is 1. The van der Waals surface area contributed by atoms with Gasteiger partial charge in [-0.3, -0.25) is 19.3 Å². The number of aliphatic carboxylic acids is 1. The van der Waals surface area contributed by atoms with Gasteiger partial charge in [0.05, 0.1) is 30.7 Å². The number of amides is 1. The molecule has 3 aromatic rings. The number of carboxylic acid groups (broad SMARTS) is 1. The van der Waals surface area contributed by atoms with Crippen LogP contribution in [0.4, 0.5) is 5.69 Å². The molecule has 39 heavy (non-hydrogen) atoms. The van der Waals surface area contributed by atoms with Crippen LogP contribution in [0.3, 0.4) is 0 Å². The number of aliphatic hydroxyl groups excluding tert-OH is 1. The average molecular weight is 528 g/mol. The Hall–Kier alpha value is -4.39. The maximum atomic E-state index is 13.6. The minimum absolute atomic E-state index is 0.0404. The highest BCUT2D eigenvalue weighted by Gasteiger charge is 2.47. The Labute approximate surface area is 228 Å². The zero-order valence-electron chi connectivity index (χ0n) is 23.0. The van der Waals surface area contributed by atoms with Gasteiger partial charge in [0.25, 0.3) is 11.7 Å². The highest BCUT2D eigenvalue weighted by atomic mass is 16.5. The van der Waals surface area contributed by atoms with E-state index in [2.05, 4.69) is 20.8 Å². The number of aryl methyl sites for hydroxylation is 2. The lowest BCUT2D eigenvalue weighted by atomic mass is 9.85. The summed E-state index contributed by atoms with van der Waals surface area (Å²) in [6.07, 6.45) is -0.163. The molecule has 4 rings (SSSR count). The number of benzene rings is 3. The molecule has 1 unspecified atom stereocenters. The van der Waals surface area contributed by atoms with E-state index in [1.807, 2.05) is 44.2 Å². The molecule has 1 heterocycles. The Morgan fingerprint density at radius 1 is 0.949 bits per heavy atom. The van der Waals surface area contributed by atoms with Gasteiger partial charge < -0.3 is 14.9 Å². The number of anilines is 1. The number of Topliss-reactive ketones (excluding diaryl/α,β-unsaturated/α-hetero) is 1. The molecule has 1 atom stereocenters. The van der Waals surface area contributed by atoms with E-state index in [1.54, 1.807) is 30.3 Å². The monoisotopic (exact) mass is 527 g/mol. The second-order valence-electron chi connectivity index (χ2n) is 10.9. The summed E-state index contributed by atoms with van der Waals surface area (Å²) in [5.41, 5.74) is 4.56. The predicted molar refractivity (Wildman–Crippen MR) is 150 cm³/mol. The summed E-state index contributed by atoms with van der Waals surface area (Å²) in [5, 5.41) is 20.8. The highest BCUT2D eigenvalue weighted by molar-refractivity contribution is 6.51. The molecule has 202 valence electrons. The zero-order valence-corrected chi connectivity index (χ0v) is 23.0. The zero-order chi connectivity index (χ0) is 28.6. The molecular formula is C32H33NO6. The molecule has 1 aliphatic rings. The quantitative estimate of drug-likeness (QED) is 0.236. The molecule has 3 aromatic carbocycles. The van der Waals surface area contributed by atoms with Crippen molar-refractivity contribution >= 4 is 29.1 Å². The lowest BCUT2D eigenvalue weighted by molar-refractivity contribution is -0.136. The first-order chi connectivity index (χ1) is 18.3. The van der Waals surface area contributed by atoms with E-state index in [-0.39, 0.29) is 23.2 Å². The van der Waals surface area contributed by atoms with Crippen molar-refractivity contribution in [1.82, 2.24) is 0 Å². The molecule has 7 nitrogen and oxygen atoms in total. The number of carbonyl (C=O) groups is 3. The number of nitrogens with zero attached hydrogens (tertiary/aromatic N) is 1. The second kappa shape index (κ2) is 10.4. The summed E-state index contributed by atoms with van der Waals surface area (Å²) in [7, 11) is 1.49. The van der Waals surface area contributed by atoms with Gasteiger partial charge in [-0.05, 0) is 65.3 Å².